The van der Waals surface area contributed by atoms with Crippen molar-refractivity contribution in [2.75, 3.05) is 16.0 Å². The van der Waals surface area contributed by atoms with Gasteiger partial charge < -0.3 is 21.1 Å². The molecule has 0 bridgehead atoms. The van der Waals surface area contributed by atoms with Crippen LogP contribution in [0, 0.1) is 12.7 Å². The minimum absolute atomic E-state index is 0.00568. The molecule has 1 fully saturated rings. The van der Waals surface area contributed by atoms with Crippen LogP contribution in [0.1, 0.15) is 74.2 Å². The van der Waals surface area contributed by atoms with Crippen LogP contribution in [0.15, 0.2) is 60.7 Å². The first-order valence-electron chi connectivity index (χ1n) is 13.4. The van der Waals surface area contributed by atoms with Crippen molar-refractivity contribution < 1.29 is 19.1 Å². The van der Waals surface area contributed by atoms with Crippen molar-refractivity contribution in [3.05, 3.63) is 77.6 Å². The Morgan fingerprint density at radius 3 is 2.34 bits per heavy atom. The summed E-state index contributed by atoms with van der Waals surface area (Å²) in [6, 6.07) is 16.0. The molecular formula is C31H36FN3O3. The monoisotopic (exact) mass is 517 g/mol. The molecule has 0 spiro atoms. The smallest absolute Gasteiger partial charge is 0.336 e. The first-order valence-corrected chi connectivity index (χ1v) is 13.4. The van der Waals surface area contributed by atoms with Crippen molar-refractivity contribution in [1.82, 2.24) is 0 Å². The van der Waals surface area contributed by atoms with Crippen LogP contribution >= 0.6 is 0 Å². The predicted molar refractivity (Wildman–Crippen MR) is 152 cm³/mol. The molecule has 0 unspecified atom stereocenters. The molecule has 7 heteroatoms. The van der Waals surface area contributed by atoms with E-state index in [1.807, 2.05) is 37.3 Å². The summed E-state index contributed by atoms with van der Waals surface area (Å²) in [5.74, 6) is -1.67. The molecule has 0 saturated heterocycles. The Hall–Kier alpha value is -3.87. The number of aromatic carboxylic acids is 1. The van der Waals surface area contributed by atoms with E-state index in [-0.39, 0.29) is 16.7 Å². The molecule has 200 valence electrons. The fraction of sp³-hybridized carbons (Fsp3) is 0.355. The highest BCUT2D eigenvalue weighted by atomic mass is 19.1. The largest absolute Gasteiger partial charge is 0.478 e. The topological polar surface area (TPSA) is 90.5 Å². The number of anilines is 3. The van der Waals surface area contributed by atoms with E-state index in [9.17, 15) is 19.1 Å². The van der Waals surface area contributed by atoms with Gasteiger partial charge in [-0.25, -0.2) is 14.0 Å². The molecule has 0 aliphatic heterocycles. The summed E-state index contributed by atoms with van der Waals surface area (Å²) in [6.45, 7) is 4.16. The van der Waals surface area contributed by atoms with Gasteiger partial charge in [0.05, 0.1) is 16.9 Å². The molecule has 38 heavy (non-hydrogen) atoms. The Balaban J connectivity index is 1.71. The third-order valence-electron chi connectivity index (χ3n) is 7.32. The van der Waals surface area contributed by atoms with Crippen LogP contribution in [0.2, 0.25) is 0 Å². The standard InChI is InChI=1S/C31H36FN3O3/c1-3-4-16-31(17-6-5-7-18-31)35-27-15-10-22(26-20-23(32)11-14-25(26)29(36)37)19-28(27)34-30(38)33-24-12-8-21(2)9-13-24/h8-15,19-20,35H,3-7,16-18H2,1-2H3,(H,36,37)(H2,33,34,38). The van der Waals surface area contributed by atoms with Gasteiger partial charge in [-0.05, 0) is 79.8 Å². The van der Waals surface area contributed by atoms with Crippen molar-refractivity contribution in [1.29, 1.82) is 0 Å². The molecule has 0 radical (unpaired) electrons. The van der Waals surface area contributed by atoms with E-state index in [0.29, 0.717) is 16.9 Å². The molecule has 1 aliphatic rings. The Morgan fingerprint density at radius 1 is 0.921 bits per heavy atom. The third kappa shape index (κ3) is 6.71. The number of halogens is 1. The number of carboxylic acid groups (broad SMARTS) is 1. The van der Waals surface area contributed by atoms with E-state index in [1.165, 1.54) is 18.6 Å². The number of unbranched alkanes of at least 4 members (excludes halogenated alkanes) is 1. The number of hydrogen-bond acceptors (Lipinski definition) is 3. The Morgan fingerprint density at radius 2 is 1.66 bits per heavy atom. The quantitative estimate of drug-likeness (QED) is 0.229. The van der Waals surface area contributed by atoms with Gasteiger partial charge in [-0.1, -0.05) is 62.8 Å². The van der Waals surface area contributed by atoms with Gasteiger partial charge in [-0.3, -0.25) is 0 Å². The summed E-state index contributed by atoms with van der Waals surface area (Å²) < 4.78 is 14.1. The van der Waals surface area contributed by atoms with Crippen molar-refractivity contribution >= 4 is 29.1 Å². The Labute approximate surface area is 223 Å². The van der Waals surface area contributed by atoms with Gasteiger partial charge in [0, 0.05) is 11.2 Å². The lowest BCUT2D eigenvalue weighted by atomic mass is 9.78. The number of rotatable bonds is 9. The molecule has 3 aromatic carbocycles. The maximum atomic E-state index is 14.1. The lowest BCUT2D eigenvalue weighted by Gasteiger charge is -2.40. The zero-order valence-electron chi connectivity index (χ0n) is 22.1. The van der Waals surface area contributed by atoms with Crippen LogP contribution in [0.4, 0.5) is 26.2 Å². The van der Waals surface area contributed by atoms with Gasteiger partial charge in [-0.2, -0.15) is 0 Å². The number of amides is 2. The Kier molecular flexibility index (Phi) is 8.66. The molecule has 3 aromatic rings. The number of aryl methyl sites for hydroxylation is 1. The average Bonchev–Trinajstić information content (AvgIpc) is 2.90. The fourth-order valence-electron chi connectivity index (χ4n) is 5.25. The molecule has 1 aliphatic carbocycles. The van der Waals surface area contributed by atoms with Crippen molar-refractivity contribution in [3.63, 3.8) is 0 Å². The number of carboxylic acids is 1. The number of nitrogens with one attached hydrogen (secondary N) is 3. The third-order valence-corrected chi connectivity index (χ3v) is 7.32. The molecule has 6 nitrogen and oxygen atoms in total. The highest BCUT2D eigenvalue weighted by molar-refractivity contribution is 6.03. The van der Waals surface area contributed by atoms with Crippen LogP contribution in [-0.2, 0) is 0 Å². The molecule has 0 atom stereocenters. The molecular weight excluding hydrogens is 481 g/mol. The summed E-state index contributed by atoms with van der Waals surface area (Å²) in [4.78, 5) is 24.9. The number of urea groups is 1. The summed E-state index contributed by atoms with van der Waals surface area (Å²) in [6.07, 6.45) is 8.86. The summed E-state index contributed by atoms with van der Waals surface area (Å²) >= 11 is 0. The summed E-state index contributed by atoms with van der Waals surface area (Å²) in [5, 5.41) is 19.3. The second-order valence-electron chi connectivity index (χ2n) is 10.3. The van der Waals surface area contributed by atoms with E-state index in [2.05, 4.69) is 22.9 Å². The van der Waals surface area contributed by atoms with Crippen LogP contribution < -0.4 is 16.0 Å². The molecule has 0 aromatic heterocycles. The minimum Gasteiger partial charge on any atom is -0.478 e. The van der Waals surface area contributed by atoms with Gasteiger partial charge >= 0.3 is 12.0 Å². The van der Waals surface area contributed by atoms with E-state index >= 15 is 0 Å². The number of carbonyl (C=O) groups is 2. The van der Waals surface area contributed by atoms with Gasteiger partial charge in [0.2, 0.25) is 0 Å². The van der Waals surface area contributed by atoms with Gasteiger partial charge in [-0.15, -0.1) is 0 Å². The van der Waals surface area contributed by atoms with Crippen molar-refractivity contribution in [3.8, 4) is 11.1 Å². The normalized spacial score (nSPS) is 14.5. The molecule has 2 amide bonds. The second kappa shape index (κ2) is 12.1. The van der Waals surface area contributed by atoms with E-state index in [1.54, 1.807) is 12.1 Å². The highest BCUT2D eigenvalue weighted by Crippen LogP contribution is 2.39. The van der Waals surface area contributed by atoms with Gasteiger partial charge in [0.1, 0.15) is 5.82 Å². The lowest BCUT2D eigenvalue weighted by Crippen LogP contribution is -2.40. The second-order valence-corrected chi connectivity index (χ2v) is 10.3. The Bertz CT molecular complexity index is 1280. The lowest BCUT2D eigenvalue weighted by molar-refractivity contribution is 0.0697. The SMILES string of the molecule is CCCCC1(Nc2ccc(-c3cc(F)ccc3C(=O)O)cc2NC(=O)Nc2ccc(C)cc2)CCCCC1. The summed E-state index contributed by atoms with van der Waals surface area (Å²) in [5.41, 5.74) is 3.70. The van der Waals surface area contributed by atoms with E-state index in [0.717, 1.165) is 62.3 Å². The van der Waals surface area contributed by atoms with Crippen LogP contribution in [0.25, 0.3) is 11.1 Å². The molecule has 1 saturated carbocycles. The highest BCUT2D eigenvalue weighted by Gasteiger charge is 2.32. The van der Waals surface area contributed by atoms with Crippen LogP contribution in [0.3, 0.4) is 0 Å². The van der Waals surface area contributed by atoms with Crippen LogP contribution in [0.5, 0.6) is 0 Å². The zero-order valence-corrected chi connectivity index (χ0v) is 22.1. The van der Waals surface area contributed by atoms with E-state index in [4.69, 9.17) is 0 Å². The maximum absolute atomic E-state index is 14.1. The summed E-state index contributed by atoms with van der Waals surface area (Å²) in [7, 11) is 0. The van der Waals surface area contributed by atoms with Crippen molar-refractivity contribution in [2.24, 2.45) is 0 Å². The first kappa shape index (κ1) is 27.2. The zero-order chi connectivity index (χ0) is 27.1. The predicted octanol–water partition coefficient (Wildman–Crippen LogP) is 8.45. The number of benzene rings is 3. The van der Waals surface area contributed by atoms with Gasteiger partial charge in [0.25, 0.3) is 0 Å². The number of hydrogen-bond donors (Lipinski definition) is 4. The average molecular weight is 518 g/mol. The van der Waals surface area contributed by atoms with Crippen LogP contribution in [-0.4, -0.2) is 22.6 Å². The maximum Gasteiger partial charge on any atom is 0.336 e. The van der Waals surface area contributed by atoms with Gasteiger partial charge in [0.15, 0.2) is 0 Å². The number of carbonyl (C=O) groups excluding carboxylic acids is 1. The van der Waals surface area contributed by atoms with E-state index < -0.39 is 17.8 Å². The fourth-order valence-corrected chi connectivity index (χ4v) is 5.25. The van der Waals surface area contributed by atoms with Crippen molar-refractivity contribution in [2.45, 2.75) is 70.8 Å². The molecule has 4 N–H and O–H groups in total. The minimum atomic E-state index is -1.14. The first-order chi connectivity index (χ1) is 18.3. The molecule has 0 heterocycles. The molecule has 4 rings (SSSR count).